The number of halogens is 1. The van der Waals surface area contributed by atoms with Gasteiger partial charge in [-0.25, -0.2) is 0 Å². The maximum atomic E-state index is 5.97. The molecule has 0 spiro atoms. The minimum absolute atomic E-state index is 0.448. The van der Waals surface area contributed by atoms with Crippen LogP contribution in [0.25, 0.3) is 10.9 Å². The minimum atomic E-state index is 0.448. The lowest BCUT2D eigenvalue weighted by Gasteiger charge is -2.34. The highest BCUT2D eigenvalue weighted by molar-refractivity contribution is 6.31. The Labute approximate surface area is 111 Å². The molecule has 1 saturated carbocycles. The zero-order valence-electron chi connectivity index (χ0n) is 10.4. The van der Waals surface area contributed by atoms with Gasteiger partial charge >= 0.3 is 0 Å². The standard InChI is InChI=1S/C14H17ClN2O/c1-18-12-5-11(6-12)16-7-9-8-17-14-4-10(15)2-3-13(9)14/h2-4,8,11-12,16-17H,5-7H2,1H3. The van der Waals surface area contributed by atoms with Gasteiger partial charge in [0, 0.05) is 41.8 Å². The Morgan fingerprint density at radius 1 is 1.44 bits per heavy atom. The molecule has 1 fully saturated rings. The summed E-state index contributed by atoms with van der Waals surface area (Å²) in [7, 11) is 1.78. The van der Waals surface area contributed by atoms with Crippen molar-refractivity contribution in [3.05, 3.63) is 35.0 Å². The van der Waals surface area contributed by atoms with E-state index in [4.69, 9.17) is 16.3 Å². The van der Waals surface area contributed by atoms with Gasteiger partial charge in [-0.1, -0.05) is 17.7 Å². The fourth-order valence-corrected chi connectivity index (χ4v) is 2.66. The number of aromatic amines is 1. The minimum Gasteiger partial charge on any atom is -0.381 e. The van der Waals surface area contributed by atoms with Crippen LogP contribution in [0.4, 0.5) is 0 Å². The van der Waals surface area contributed by atoms with Gasteiger partial charge < -0.3 is 15.0 Å². The first-order chi connectivity index (χ1) is 8.76. The summed E-state index contributed by atoms with van der Waals surface area (Å²) in [6.07, 6.45) is 4.74. The van der Waals surface area contributed by atoms with Crippen molar-refractivity contribution in [3.8, 4) is 0 Å². The lowest BCUT2D eigenvalue weighted by atomic mass is 9.89. The molecule has 0 bridgehead atoms. The van der Waals surface area contributed by atoms with E-state index < -0.39 is 0 Å². The molecule has 18 heavy (non-hydrogen) atoms. The van der Waals surface area contributed by atoms with Crippen LogP contribution in [0.15, 0.2) is 24.4 Å². The van der Waals surface area contributed by atoms with E-state index >= 15 is 0 Å². The van der Waals surface area contributed by atoms with Crippen LogP contribution < -0.4 is 5.32 Å². The topological polar surface area (TPSA) is 37.0 Å². The van der Waals surface area contributed by atoms with E-state index in [1.165, 1.54) is 10.9 Å². The fraction of sp³-hybridized carbons (Fsp3) is 0.429. The molecular weight excluding hydrogens is 248 g/mol. The molecule has 3 rings (SSSR count). The molecule has 1 aliphatic rings. The molecule has 96 valence electrons. The molecular formula is C14H17ClN2O. The Bertz CT molecular complexity index is 546. The molecule has 1 heterocycles. The number of aromatic nitrogens is 1. The Balaban J connectivity index is 1.65. The molecule has 0 radical (unpaired) electrons. The summed E-state index contributed by atoms with van der Waals surface area (Å²) in [6.45, 7) is 0.892. The third kappa shape index (κ3) is 2.26. The van der Waals surface area contributed by atoms with E-state index in [9.17, 15) is 0 Å². The van der Waals surface area contributed by atoms with Crippen LogP contribution in [0.2, 0.25) is 5.02 Å². The summed E-state index contributed by atoms with van der Waals surface area (Å²) in [4.78, 5) is 3.26. The maximum Gasteiger partial charge on any atom is 0.0601 e. The number of ether oxygens (including phenoxy) is 1. The maximum absolute atomic E-state index is 5.97. The number of fused-ring (bicyclic) bond motifs is 1. The monoisotopic (exact) mass is 264 g/mol. The molecule has 0 unspecified atom stereocenters. The van der Waals surface area contributed by atoms with Crippen LogP contribution >= 0.6 is 11.6 Å². The van der Waals surface area contributed by atoms with Crippen molar-refractivity contribution in [2.45, 2.75) is 31.5 Å². The number of H-pyrrole nitrogens is 1. The number of benzene rings is 1. The van der Waals surface area contributed by atoms with Crippen molar-refractivity contribution in [2.75, 3.05) is 7.11 Å². The average Bonchev–Trinajstić information content (AvgIpc) is 2.70. The molecule has 0 amide bonds. The van der Waals surface area contributed by atoms with E-state index in [1.807, 2.05) is 12.1 Å². The Kier molecular flexibility index (Phi) is 3.29. The molecule has 2 N–H and O–H groups in total. The highest BCUT2D eigenvalue weighted by atomic mass is 35.5. The number of nitrogens with one attached hydrogen (secondary N) is 2. The Morgan fingerprint density at radius 2 is 2.28 bits per heavy atom. The van der Waals surface area contributed by atoms with Gasteiger partial charge in [-0.3, -0.25) is 0 Å². The van der Waals surface area contributed by atoms with Crippen LogP contribution in [0.3, 0.4) is 0 Å². The Morgan fingerprint density at radius 3 is 3.06 bits per heavy atom. The molecule has 1 aromatic heterocycles. The van der Waals surface area contributed by atoms with Gasteiger partial charge in [-0.15, -0.1) is 0 Å². The predicted octanol–water partition coefficient (Wildman–Crippen LogP) is 3.09. The molecule has 0 aliphatic heterocycles. The van der Waals surface area contributed by atoms with E-state index in [-0.39, 0.29) is 0 Å². The largest absolute Gasteiger partial charge is 0.381 e. The van der Waals surface area contributed by atoms with Crippen molar-refractivity contribution in [2.24, 2.45) is 0 Å². The van der Waals surface area contributed by atoms with Crippen LogP contribution in [0.1, 0.15) is 18.4 Å². The predicted molar refractivity (Wildman–Crippen MR) is 74.0 cm³/mol. The molecule has 0 atom stereocenters. The smallest absolute Gasteiger partial charge is 0.0601 e. The molecule has 1 aromatic carbocycles. The van der Waals surface area contributed by atoms with Crippen molar-refractivity contribution < 1.29 is 4.74 Å². The van der Waals surface area contributed by atoms with E-state index in [0.29, 0.717) is 12.1 Å². The van der Waals surface area contributed by atoms with E-state index in [2.05, 4.69) is 22.6 Å². The average molecular weight is 265 g/mol. The summed E-state index contributed by atoms with van der Waals surface area (Å²) in [5.74, 6) is 0. The second-order valence-electron chi connectivity index (χ2n) is 4.91. The van der Waals surface area contributed by atoms with Crippen molar-refractivity contribution in [1.29, 1.82) is 0 Å². The first kappa shape index (κ1) is 12.0. The van der Waals surface area contributed by atoms with Gasteiger partial charge in [-0.05, 0) is 30.5 Å². The number of methoxy groups -OCH3 is 1. The highest BCUT2D eigenvalue weighted by Gasteiger charge is 2.28. The van der Waals surface area contributed by atoms with Gasteiger partial charge in [0.2, 0.25) is 0 Å². The van der Waals surface area contributed by atoms with E-state index in [0.717, 1.165) is 29.9 Å². The highest BCUT2D eigenvalue weighted by Crippen LogP contribution is 2.25. The normalized spacial score (nSPS) is 23.2. The van der Waals surface area contributed by atoms with Crippen LogP contribution in [0.5, 0.6) is 0 Å². The molecule has 4 heteroatoms. The van der Waals surface area contributed by atoms with Crippen molar-refractivity contribution in [3.63, 3.8) is 0 Å². The summed E-state index contributed by atoms with van der Waals surface area (Å²) in [5, 5.41) is 5.57. The zero-order valence-corrected chi connectivity index (χ0v) is 11.1. The van der Waals surface area contributed by atoms with Crippen molar-refractivity contribution >= 4 is 22.5 Å². The molecule has 3 nitrogen and oxygen atoms in total. The van der Waals surface area contributed by atoms with Crippen LogP contribution in [-0.2, 0) is 11.3 Å². The van der Waals surface area contributed by atoms with Gasteiger partial charge in [0.15, 0.2) is 0 Å². The van der Waals surface area contributed by atoms with Crippen molar-refractivity contribution in [1.82, 2.24) is 10.3 Å². The molecule has 2 aromatic rings. The third-order valence-corrected chi connectivity index (χ3v) is 3.97. The number of hydrogen-bond donors (Lipinski definition) is 2. The number of rotatable bonds is 4. The fourth-order valence-electron chi connectivity index (χ4n) is 2.48. The molecule has 0 saturated heterocycles. The van der Waals surface area contributed by atoms with Gasteiger partial charge in [0.25, 0.3) is 0 Å². The first-order valence-electron chi connectivity index (χ1n) is 6.28. The van der Waals surface area contributed by atoms with Gasteiger partial charge in [-0.2, -0.15) is 0 Å². The summed E-state index contributed by atoms with van der Waals surface area (Å²) >= 11 is 5.97. The second kappa shape index (κ2) is 4.92. The van der Waals surface area contributed by atoms with Gasteiger partial charge in [0.1, 0.15) is 0 Å². The second-order valence-corrected chi connectivity index (χ2v) is 5.35. The van der Waals surface area contributed by atoms with Crippen LogP contribution in [-0.4, -0.2) is 24.2 Å². The van der Waals surface area contributed by atoms with Gasteiger partial charge in [0.05, 0.1) is 6.10 Å². The third-order valence-electron chi connectivity index (χ3n) is 3.74. The van der Waals surface area contributed by atoms with Crippen LogP contribution in [0, 0.1) is 0 Å². The van der Waals surface area contributed by atoms with E-state index in [1.54, 1.807) is 7.11 Å². The summed E-state index contributed by atoms with van der Waals surface area (Å²) in [5.41, 5.74) is 2.39. The first-order valence-corrected chi connectivity index (χ1v) is 6.66. The lowest BCUT2D eigenvalue weighted by molar-refractivity contribution is 0.0170. The quantitative estimate of drug-likeness (QED) is 0.890. The zero-order chi connectivity index (χ0) is 12.5. The number of hydrogen-bond acceptors (Lipinski definition) is 2. The lowest BCUT2D eigenvalue weighted by Crippen LogP contribution is -2.44. The Hall–Kier alpha value is -1.03. The molecule has 1 aliphatic carbocycles. The SMILES string of the molecule is COC1CC(NCc2c[nH]c3cc(Cl)ccc23)C1. The summed E-state index contributed by atoms with van der Waals surface area (Å²) < 4.78 is 5.28. The summed E-state index contributed by atoms with van der Waals surface area (Å²) in [6, 6.07) is 6.56.